The van der Waals surface area contributed by atoms with Gasteiger partial charge < -0.3 is 25.4 Å². The first-order valence-corrected chi connectivity index (χ1v) is 15.3. The van der Waals surface area contributed by atoms with E-state index in [1.54, 1.807) is 19.9 Å². The first-order chi connectivity index (χ1) is 22.8. The smallest absolute Gasteiger partial charge is 0.484 e. The number of rotatable bonds is 18. The maximum atomic E-state index is 14.2. The Morgan fingerprint density at radius 3 is 2.00 bits per heavy atom. The Morgan fingerprint density at radius 1 is 0.840 bits per heavy atom. The molecule has 0 aliphatic carbocycles. The molecule has 2 heterocycles. The van der Waals surface area contributed by atoms with Gasteiger partial charge in [0, 0.05) is 34.3 Å². The molecule has 50 heavy (non-hydrogen) atoms. The summed E-state index contributed by atoms with van der Waals surface area (Å²) in [6, 6.07) is 8.11. The number of pyridine rings is 1. The number of hydrogen-bond donors (Lipinski definition) is 2. The molecule has 0 aliphatic heterocycles. The molecule has 0 fully saturated rings. The zero-order chi connectivity index (χ0) is 37.9. The summed E-state index contributed by atoms with van der Waals surface area (Å²) in [4.78, 5) is 16.9. The predicted octanol–water partition coefficient (Wildman–Crippen LogP) is 7.36. The molecule has 3 rings (SSSR count). The number of esters is 1. The Hall–Kier alpha value is -3.58. The molecule has 0 bridgehead atoms. The van der Waals surface area contributed by atoms with E-state index >= 15 is 0 Å². The van der Waals surface area contributed by atoms with Crippen molar-refractivity contribution in [3.8, 4) is 17.1 Å². The normalized spacial score (nSPS) is 14.2. The number of ether oxygens (including phenoxy) is 5. The Morgan fingerprint density at radius 2 is 1.44 bits per heavy atom. The lowest BCUT2D eigenvalue weighted by atomic mass is 9.79. The third-order valence-corrected chi connectivity index (χ3v) is 7.24. The molecule has 0 radical (unpaired) electrons. The largest absolute Gasteiger partial charge is 0.496 e. The van der Waals surface area contributed by atoms with Crippen molar-refractivity contribution in [3.05, 3.63) is 47.8 Å². The van der Waals surface area contributed by atoms with Crippen LogP contribution in [0.5, 0.6) is 5.75 Å². The van der Waals surface area contributed by atoms with Crippen LogP contribution in [0.15, 0.2) is 40.8 Å². The number of hydrogen-bond acceptors (Lipinski definition) is 10. The van der Waals surface area contributed by atoms with Crippen molar-refractivity contribution >= 4 is 16.9 Å². The van der Waals surface area contributed by atoms with E-state index in [-0.39, 0.29) is 17.8 Å². The van der Waals surface area contributed by atoms with Crippen LogP contribution in [-0.4, -0.2) is 60.6 Å². The Balaban J connectivity index is 1.59. The van der Waals surface area contributed by atoms with Gasteiger partial charge >= 0.3 is 30.8 Å². The molecular formula is C32H39F8N3O7. The van der Waals surface area contributed by atoms with Crippen LogP contribution in [0, 0.1) is 5.41 Å². The molecule has 4 N–H and O–H groups in total. The van der Waals surface area contributed by atoms with Gasteiger partial charge in [-0.2, -0.15) is 17.6 Å². The summed E-state index contributed by atoms with van der Waals surface area (Å²) in [6.45, 7) is 5.27. The number of aromatic nitrogens is 1. The number of furan rings is 1. The van der Waals surface area contributed by atoms with Gasteiger partial charge in [-0.15, -0.1) is 17.6 Å². The second-order valence-corrected chi connectivity index (χ2v) is 12.7. The molecule has 2 aromatic heterocycles. The van der Waals surface area contributed by atoms with E-state index in [0.29, 0.717) is 23.1 Å². The molecule has 1 aromatic carbocycles. The second-order valence-electron chi connectivity index (χ2n) is 12.7. The third kappa shape index (κ3) is 11.5. The lowest BCUT2D eigenvalue weighted by Crippen LogP contribution is -2.51. The summed E-state index contributed by atoms with van der Waals surface area (Å²) in [5, 5.41) is 0.536. The fraction of sp³-hybridized carbons (Fsp3) is 0.562. The lowest BCUT2D eigenvalue weighted by molar-refractivity contribution is -0.574. The highest BCUT2D eigenvalue weighted by atomic mass is 19.3. The maximum absolute atomic E-state index is 14.2. The van der Waals surface area contributed by atoms with Gasteiger partial charge in [-0.3, -0.25) is 9.78 Å². The van der Waals surface area contributed by atoms with Crippen LogP contribution in [0.2, 0.25) is 0 Å². The van der Waals surface area contributed by atoms with Crippen LogP contribution in [0.4, 0.5) is 35.1 Å². The Bertz CT molecular complexity index is 1630. The van der Waals surface area contributed by atoms with Crippen molar-refractivity contribution in [2.45, 2.75) is 97.2 Å². The average Bonchev–Trinajstić information content (AvgIpc) is 3.39. The maximum Gasteiger partial charge on any atom is 0.496 e. The average molecular weight is 730 g/mol. The van der Waals surface area contributed by atoms with E-state index < -0.39 is 61.0 Å². The van der Waals surface area contributed by atoms with E-state index in [9.17, 15) is 39.9 Å². The molecule has 0 spiro atoms. The summed E-state index contributed by atoms with van der Waals surface area (Å²) in [5.74, 6) is -1.27. The van der Waals surface area contributed by atoms with E-state index in [1.165, 1.54) is 32.0 Å². The number of aryl methyl sites for hydroxylation is 2. The molecule has 0 saturated heterocycles. The molecule has 18 heteroatoms. The summed E-state index contributed by atoms with van der Waals surface area (Å²) < 4.78 is 136. The molecule has 3 aromatic rings. The van der Waals surface area contributed by atoms with Crippen molar-refractivity contribution in [1.82, 2.24) is 4.98 Å². The number of fused-ring (bicyclic) bond motifs is 1. The van der Waals surface area contributed by atoms with Gasteiger partial charge in [0.05, 0.1) is 11.1 Å². The topological polar surface area (TPSA) is 141 Å². The van der Waals surface area contributed by atoms with Gasteiger partial charge in [0.2, 0.25) is 0 Å². The molecule has 0 amide bonds. The van der Waals surface area contributed by atoms with Gasteiger partial charge in [-0.05, 0) is 77.3 Å². The number of nitrogens with zero attached hydrogens (tertiary/aromatic N) is 1. The number of nitrogens with two attached hydrogens (primary N) is 2. The van der Waals surface area contributed by atoms with Crippen LogP contribution in [0.25, 0.3) is 22.3 Å². The van der Waals surface area contributed by atoms with Crippen molar-refractivity contribution in [1.29, 1.82) is 0 Å². The molecule has 0 saturated carbocycles. The van der Waals surface area contributed by atoms with Crippen LogP contribution in [0.1, 0.15) is 59.4 Å². The van der Waals surface area contributed by atoms with Crippen LogP contribution in [-0.2, 0) is 36.6 Å². The Labute approximate surface area is 282 Å². The summed E-state index contributed by atoms with van der Waals surface area (Å²) in [5.41, 5.74) is 11.7. The van der Waals surface area contributed by atoms with E-state index in [1.807, 2.05) is 26.0 Å². The number of carbonyl (C=O) groups excluding carboxylic acids is 1. The standard InChI is InChI=1S/C32H39F8N3O7/c1-7-19-10-12-21(22(8-2)43-19)24-13-18-9-11-20(14-23(18)47-24)45-16-29(33,34)48-31(37,38)50-32(39,40)49-30(35,36)17-46-26(44)28(5,6)25(41)15-27(3,4)42/h9-14,25H,7-8,15-17,41-42H2,1-6H3. The number of benzene rings is 1. The van der Waals surface area contributed by atoms with Gasteiger partial charge in [-0.25, -0.2) is 14.2 Å². The van der Waals surface area contributed by atoms with Crippen molar-refractivity contribution < 1.29 is 68.0 Å². The SMILES string of the molecule is CCc1ccc(-c2cc3ccc(OCC(F)(F)OC(F)(F)OC(F)(F)OC(F)(F)COC(=O)C(C)(C)C(N)CC(C)(C)N)cc3o2)c(CC)n1. The predicted molar refractivity (Wildman–Crippen MR) is 162 cm³/mol. The third-order valence-electron chi connectivity index (χ3n) is 7.24. The van der Waals surface area contributed by atoms with E-state index in [0.717, 1.165) is 17.8 Å². The quantitative estimate of drug-likeness (QED) is 0.0775. The summed E-state index contributed by atoms with van der Waals surface area (Å²) in [7, 11) is 0. The molecule has 0 aliphatic rings. The highest BCUT2D eigenvalue weighted by molar-refractivity contribution is 5.84. The minimum absolute atomic E-state index is 0.0191. The second kappa shape index (κ2) is 15.0. The lowest BCUT2D eigenvalue weighted by Gasteiger charge is -2.34. The van der Waals surface area contributed by atoms with E-state index in [2.05, 4.69) is 23.9 Å². The number of carbonyl (C=O) groups is 1. The van der Waals surface area contributed by atoms with Gasteiger partial charge in [-0.1, -0.05) is 13.8 Å². The molecule has 10 nitrogen and oxygen atoms in total. The van der Waals surface area contributed by atoms with Crippen LogP contribution >= 0.6 is 0 Å². The van der Waals surface area contributed by atoms with E-state index in [4.69, 9.17) is 20.6 Å². The monoisotopic (exact) mass is 729 g/mol. The molecule has 1 atom stereocenters. The van der Waals surface area contributed by atoms with Gasteiger partial charge in [0.25, 0.3) is 0 Å². The Kier molecular flexibility index (Phi) is 12.2. The highest BCUT2D eigenvalue weighted by Gasteiger charge is 2.57. The summed E-state index contributed by atoms with van der Waals surface area (Å²) >= 11 is 0. The first kappa shape index (κ1) is 40.8. The van der Waals surface area contributed by atoms with Crippen LogP contribution in [0.3, 0.4) is 0 Å². The van der Waals surface area contributed by atoms with Crippen LogP contribution < -0.4 is 16.2 Å². The zero-order valence-corrected chi connectivity index (χ0v) is 28.1. The number of halogens is 8. The van der Waals surface area contributed by atoms with Crippen molar-refractivity contribution in [2.24, 2.45) is 16.9 Å². The van der Waals surface area contributed by atoms with Crippen molar-refractivity contribution in [2.75, 3.05) is 13.2 Å². The molecule has 1 unspecified atom stereocenters. The summed E-state index contributed by atoms with van der Waals surface area (Å²) in [6.07, 6.45) is -20.7. The first-order valence-electron chi connectivity index (χ1n) is 15.3. The molecule has 280 valence electrons. The van der Waals surface area contributed by atoms with Gasteiger partial charge in [0.15, 0.2) is 13.2 Å². The van der Waals surface area contributed by atoms with Crippen molar-refractivity contribution in [3.63, 3.8) is 0 Å². The number of alkyl halides is 8. The minimum atomic E-state index is -5.93. The zero-order valence-electron chi connectivity index (χ0n) is 28.1. The molecular weight excluding hydrogens is 690 g/mol. The highest BCUT2D eigenvalue weighted by Crippen LogP contribution is 2.38. The fourth-order valence-electron chi connectivity index (χ4n) is 4.53. The van der Waals surface area contributed by atoms with Gasteiger partial charge in [0.1, 0.15) is 17.1 Å². The fourth-order valence-corrected chi connectivity index (χ4v) is 4.53. The minimum Gasteiger partial charge on any atom is -0.484 e.